The van der Waals surface area contributed by atoms with Gasteiger partial charge < -0.3 is 20.1 Å². The minimum Gasteiger partial charge on any atom is -0.497 e. The molecule has 1 saturated carbocycles. The molecule has 1 aromatic carbocycles. The number of methoxy groups -OCH3 is 1. The molecule has 1 fully saturated rings. The van der Waals surface area contributed by atoms with E-state index in [2.05, 4.69) is 10.6 Å². The number of rotatable bonds is 13. The molecule has 0 unspecified atom stereocenters. The van der Waals surface area contributed by atoms with E-state index < -0.39 is 28.7 Å². The summed E-state index contributed by atoms with van der Waals surface area (Å²) < 4.78 is 10.7. The number of ether oxygens (including phenoxy) is 2. The topological polar surface area (TPSA) is 111 Å². The van der Waals surface area contributed by atoms with Crippen LogP contribution in [0.5, 0.6) is 5.75 Å². The van der Waals surface area contributed by atoms with Crippen LogP contribution in [0.25, 0.3) is 0 Å². The zero-order chi connectivity index (χ0) is 26.7. The molecule has 1 aliphatic rings. The second kappa shape index (κ2) is 14.3. The number of thioether (sulfide) groups is 1. The molecule has 0 radical (unpaired) electrons. The van der Waals surface area contributed by atoms with Crippen LogP contribution >= 0.6 is 11.8 Å². The van der Waals surface area contributed by atoms with Crippen LogP contribution in [0.1, 0.15) is 71.8 Å². The van der Waals surface area contributed by atoms with Crippen LogP contribution in [0, 0.1) is 5.92 Å². The summed E-state index contributed by atoms with van der Waals surface area (Å²) in [4.78, 5) is 51.4. The quantitative estimate of drug-likeness (QED) is 0.301. The zero-order valence-electron chi connectivity index (χ0n) is 22.1. The van der Waals surface area contributed by atoms with E-state index in [-0.39, 0.29) is 30.0 Å². The lowest BCUT2D eigenvalue weighted by atomic mass is 9.94. The van der Waals surface area contributed by atoms with Crippen molar-refractivity contribution in [2.24, 2.45) is 5.92 Å². The summed E-state index contributed by atoms with van der Waals surface area (Å²) in [6.45, 7) is 7.47. The molecule has 0 aromatic heterocycles. The minimum atomic E-state index is -1.12. The van der Waals surface area contributed by atoms with E-state index in [0.29, 0.717) is 18.6 Å². The van der Waals surface area contributed by atoms with Crippen molar-refractivity contribution < 1.29 is 28.7 Å². The van der Waals surface area contributed by atoms with Crippen molar-refractivity contribution in [1.29, 1.82) is 0 Å². The van der Waals surface area contributed by atoms with E-state index in [9.17, 15) is 19.2 Å². The van der Waals surface area contributed by atoms with Gasteiger partial charge in [-0.3, -0.25) is 14.4 Å². The molecular weight excluding hydrogens is 480 g/mol. The van der Waals surface area contributed by atoms with Gasteiger partial charge in [0.05, 0.1) is 19.0 Å². The molecule has 0 saturated heterocycles. The van der Waals surface area contributed by atoms with Gasteiger partial charge in [-0.1, -0.05) is 63.9 Å². The third-order valence-corrected chi connectivity index (χ3v) is 7.69. The van der Waals surface area contributed by atoms with Gasteiger partial charge in [0.25, 0.3) is 0 Å². The minimum absolute atomic E-state index is 0.0863. The van der Waals surface area contributed by atoms with Crippen molar-refractivity contribution in [1.82, 2.24) is 10.6 Å². The van der Waals surface area contributed by atoms with Gasteiger partial charge in [-0.15, -0.1) is 0 Å². The van der Waals surface area contributed by atoms with Gasteiger partial charge in [-0.2, -0.15) is 0 Å². The first-order valence-electron chi connectivity index (χ1n) is 12.7. The maximum Gasteiger partial charge on any atom is 0.328 e. The highest BCUT2D eigenvalue weighted by Crippen LogP contribution is 2.32. The summed E-state index contributed by atoms with van der Waals surface area (Å²) in [6, 6.07) is 6.39. The molecular formula is C27H40N2O6S. The maximum absolute atomic E-state index is 13.6. The molecule has 36 heavy (non-hydrogen) atoms. The van der Waals surface area contributed by atoms with E-state index in [1.165, 1.54) is 6.92 Å². The number of esters is 1. The number of carbonyl (C=O) groups excluding carboxylic acids is 4. The highest BCUT2D eigenvalue weighted by Gasteiger charge is 2.45. The molecule has 0 heterocycles. The normalized spacial score (nSPS) is 16.2. The average Bonchev–Trinajstić information content (AvgIpc) is 3.32. The van der Waals surface area contributed by atoms with Crippen molar-refractivity contribution in [2.75, 3.05) is 13.7 Å². The largest absolute Gasteiger partial charge is 0.497 e. The summed E-state index contributed by atoms with van der Waals surface area (Å²) in [5, 5.41) is 5.10. The van der Waals surface area contributed by atoms with Gasteiger partial charge in [0, 0.05) is 13.3 Å². The third kappa shape index (κ3) is 8.54. The van der Waals surface area contributed by atoms with E-state index in [1.807, 2.05) is 32.9 Å². The fourth-order valence-electron chi connectivity index (χ4n) is 4.27. The Kier molecular flexibility index (Phi) is 11.8. The van der Waals surface area contributed by atoms with Gasteiger partial charge in [0.1, 0.15) is 17.3 Å². The summed E-state index contributed by atoms with van der Waals surface area (Å²) in [7, 11) is 1.58. The van der Waals surface area contributed by atoms with Gasteiger partial charge >= 0.3 is 5.97 Å². The van der Waals surface area contributed by atoms with Crippen LogP contribution in [0.15, 0.2) is 24.3 Å². The SMILES string of the molecule is CCCCOC(=O)[C@H](Cc1ccc(OC)cc1)NC(=O)C1(NC(=O)[C@@H](SC(C)=O)C(C)C)CCCC1. The van der Waals surface area contributed by atoms with Crippen LogP contribution in [-0.2, 0) is 30.3 Å². The molecule has 2 amide bonds. The lowest BCUT2D eigenvalue weighted by Gasteiger charge is -2.33. The van der Waals surface area contributed by atoms with Crippen LogP contribution in [-0.4, -0.2) is 53.4 Å². The smallest absolute Gasteiger partial charge is 0.328 e. The van der Waals surface area contributed by atoms with E-state index in [4.69, 9.17) is 9.47 Å². The van der Waals surface area contributed by atoms with E-state index in [1.54, 1.807) is 19.2 Å². The van der Waals surface area contributed by atoms with Gasteiger partial charge in [-0.25, -0.2) is 4.79 Å². The summed E-state index contributed by atoms with van der Waals surface area (Å²) in [5.74, 6) is -0.620. The third-order valence-electron chi connectivity index (χ3n) is 6.34. The number of hydrogen-bond acceptors (Lipinski definition) is 7. The van der Waals surface area contributed by atoms with Crippen LogP contribution in [0.2, 0.25) is 0 Å². The summed E-state index contributed by atoms with van der Waals surface area (Å²) >= 11 is 0.977. The number of unbranched alkanes of at least 4 members (excludes halogenated alkanes) is 1. The molecule has 1 aliphatic carbocycles. The Balaban J connectivity index is 2.23. The lowest BCUT2D eigenvalue weighted by molar-refractivity contribution is -0.149. The number of benzene rings is 1. The Morgan fingerprint density at radius 2 is 1.72 bits per heavy atom. The first kappa shape index (κ1) is 29.7. The molecule has 200 valence electrons. The Hall–Kier alpha value is -2.55. The van der Waals surface area contributed by atoms with E-state index in [0.717, 1.165) is 43.0 Å². The van der Waals surface area contributed by atoms with Gasteiger partial charge in [-0.05, 0) is 42.9 Å². The number of carbonyl (C=O) groups is 4. The van der Waals surface area contributed by atoms with Crippen LogP contribution < -0.4 is 15.4 Å². The number of amides is 2. The van der Waals surface area contributed by atoms with Gasteiger partial charge in [0.2, 0.25) is 11.8 Å². The highest BCUT2D eigenvalue weighted by molar-refractivity contribution is 8.14. The molecule has 0 aliphatic heterocycles. The second-order valence-electron chi connectivity index (χ2n) is 9.65. The molecule has 2 N–H and O–H groups in total. The maximum atomic E-state index is 13.6. The highest BCUT2D eigenvalue weighted by atomic mass is 32.2. The Bertz CT molecular complexity index is 896. The molecule has 9 heteroatoms. The van der Waals surface area contributed by atoms with Crippen molar-refractivity contribution in [2.45, 2.75) is 89.5 Å². The van der Waals surface area contributed by atoms with Gasteiger partial charge in [0.15, 0.2) is 5.12 Å². The Morgan fingerprint density at radius 1 is 1.08 bits per heavy atom. The van der Waals surface area contributed by atoms with Crippen molar-refractivity contribution >= 4 is 34.7 Å². The summed E-state index contributed by atoms with van der Waals surface area (Å²) in [5.41, 5.74) is -0.278. The first-order chi connectivity index (χ1) is 17.1. The van der Waals surface area contributed by atoms with Crippen LogP contribution in [0.3, 0.4) is 0 Å². The van der Waals surface area contributed by atoms with Crippen molar-refractivity contribution in [3.63, 3.8) is 0 Å². The van der Waals surface area contributed by atoms with Crippen molar-refractivity contribution in [3.8, 4) is 5.75 Å². The predicted octanol–water partition coefficient (Wildman–Crippen LogP) is 3.80. The molecule has 2 atom stereocenters. The van der Waals surface area contributed by atoms with Crippen LogP contribution in [0.4, 0.5) is 0 Å². The average molecular weight is 521 g/mol. The first-order valence-corrected chi connectivity index (χ1v) is 13.6. The fourth-order valence-corrected chi connectivity index (χ4v) is 5.07. The van der Waals surface area contributed by atoms with Crippen molar-refractivity contribution in [3.05, 3.63) is 29.8 Å². The molecule has 2 rings (SSSR count). The number of hydrogen-bond donors (Lipinski definition) is 2. The number of nitrogens with one attached hydrogen (secondary N) is 2. The zero-order valence-corrected chi connectivity index (χ0v) is 22.9. The predicted molar refractivity (Wildman–Crippen MR) is 141 cm³/mol. The Labute approximate surface area is 218 Å². The molecule has 0 bridgehead atoms. The lowest BCUT2D eigenvalue weighted by Crippen LogP contribution is -2.61. The molecule has 0 spiro atoms. The second-order valence-corrected chi connectivity index (χ2v) is 11.0. The molecule has 8 nitrogen and oxygen atoms in total. The molecule has 1 aromatic rings. The Morgan fingerprint density at radius 3 is 2.25 bits per heavy atom. The standard InChI is InChI=1S/C27H40N2O6S/c1-6-7-16-35-25(32)22(17-20-10-12-21(34-5)13-11-20)28-26(33)27(14-8-9-15-27)29-24(31)23(18(2)3)36-19(4)30/h10-13,18,22-23H,6-9,14-17H2,1-5H3,(H,28,33)(H,29,31)/t22-,23-/m0/s1. The monoisotopic (exact) mass is 520 g/mol. The fraction of sp³-hybridized carbons (Fsp3) is 0.630. The summed E-state index contributed by atoms with van der Waals surface area (Å²) in [6.07, 6.45) is 4.38. The van der Waals surface area contributed by atoms with E-state index >= 15 is 0 Å².